The lowest BCUT2D eigenvalue weighted by atomic mass is 10.6. The van der Waals surface area contributed by atoms with Crippen LogP contribution in [0.4, 0.5) is 13.2 Å². The Bertz CT molecular complexity index is 49.9. The van der Waals surface area contributed by atoms with Crippen molar-refractivity contribution in [2.45, 2.75) is 6.68 Å². The highest BCUT2D eigenvalue weighted by Crippen LogP contribution is 1.87. The Kier molecular flexibility index (Phi) is 12.3. The number of hydrogen-bond donors (Lipinski definition) is 0. The zero-order chi connectivity index (χ0) is 6.99. The van der Waals surface area contributed by atoms with Gasteiger partial charge in [-0.05, 0) is 0 Å². The first-order valence-electron chi connectivity index (χ1n) is 1.80. The van der Waals surface area contributed by atoms with E-state index in [-0.39, 0.29) is 0 Å². The van der Waals surface area contributed by atoms with Crippen molar-refractivity contribution in [3.63, 3.8) is 0 Å². The van der Waals surface area contributed by atoms with Crippen LogP contribution in [0.1, 0.15) is 0 Å². The third-order valence-corrected chi connectivity index (χ3v) is 0.167. The summed E-state index contributed by atoms with van der Waals surface area (Å²) in [5, 5.41) is 0. The summed E-state index contributed by atoms with van der Waals surface area (Å²) in [7, 11) is 0. The second-order valence-electron chi connectivity index (χ2n) is 0.719. The number of rotatable bonds is 1. The second kappa shape index (κ2) is 9.55. The van der Waals surface area contributed by atoms with Crippen LogP contribution in [-0.4, -0.2) is 6.68 Å². The van der Waals surface area contributed by atoms with Crippen molar-refractivity contribution in [3.8, 4) is 0 Å². The van der Waals surface area contributed by atoms with E-state index in [1.165, 1.54) is 0 Å². The van der Waals surface area contributed by atoms with Gasteiger partial charge in [0.05, 0.1) is 0 Å². The first-order valence-corrected chi connectivity index (χ1v) is 1.80. The fourth-order valence-corrected chi connectivity index (χ4v) is 0. The molecule has 3 heteroatoms. The molecule has 0 aliphatic heterocycles. The molecule has 0 spiro atoms. The topological polar surface area (TPSA) is 0 Å². The van der Waals surface area contributed by atoms with Gasteiger partial charge in [-0.1, -0.05) is 25.3 Å². The van der Waals surface area contributed by atoms with Crippen molar-refractivity contribution in [2.24, 2.45) is 0 Å². The van der Waals surface area contributed by atoms with Gasteiger partial charge >= 0.3 is 6.68 Å². The number of alkyl halides is 3. The monoisotopic (exact) mass is 124 g/mol. The molecule has 0 rings (SSSR count). The minimum atomic E-state index is -3.67. The summed E-state index contributed by atoms with van der Waals surface area (Å²) >= 11 is 0. The molecule has 0 nitrogen and oxygen atoms in total. The molecular weight excluding hydrogens is 117 g/mol. The van der Waals surface area contributed by atoms with Crippen LogP contribution in [0.2, 0.25) is 0 Å². The van der Waals surface area contributed by atoms with E-state index in [0.717, 1.165) is 0 Å². The molecule has 0 saturated heterocycles. The fraction of sp³-hybridized carbons (Fsp3) is 0.200. The van der Waals surface area contributed by atoms with Gasteiger partial charge in [-0.15, -0.1) is 0 Å². The van der Waals surface area contributed by atoms with Gasteiger partial charge in [0.15, 0.2) is 0 Å². The molecule has 8 heavy (non-hydrogen) atoms. The molecular formula is C5H7F3. The SMILES string of the molecule is C=CC=C.FC(F)F. The van der Waals surface area contributed by atoms with Gasteiger partial charge in [-0.2, -0.15) is 13.2 Å². The molecule has 0 aromatic heterocycles. The lowest BCUT2D eigenvalue weighted by Gasteiger charge is -1.65. The van der Waals surface area contributed by atoms with Crippen molar-refractivity contribution < 1.29 is 13.2 Å². The predicted octanol–water partition coefficient (Wildman–Crippen LogP) is 2.54. The minimum Gasteiger partial charge on any atom is -0.174 e. The van der Waals surface area contributed by atoms with Crippen LogP contribution in [-0.2, 0) is 0 Å². The molecule has 48 valence electrons. The van der Waals surface area contributed by atoms with E-state index in [9.17, 15) is 13.2 Å². The Balaban J connectivity index is 0. The van der Waals surface area contributed by atoms with E-state index in [1.807, 2.05) is 0 Å². The summed E-state index contributed by atoms with van der Waals surface area (Å²) in [6.07, 6.45) is 3.28. The maximum atomic E-state index is 9.67. The summed E-state index contributed by atoms with van der Waals surface area (Å²) in [6.45, 7) is 3.06. The summed E-state index contributed by atoms with van der Waals surface area (Å²) in [6, 6.07) is 0. The summed E-state index contributed by atoms with van der Waals surface area (Å²) in [5.41, 5.74) is 0. The van der Waals surface area contributed by atoms with Crippen molar-refractivity contribution in [1.29, 1.82) is 0 Å². The second-order valence-corrected chi connectivity index (χ2v) is 0.719. The molecule has 0 aliphatic carbocycles. The van der Waals surface area contributed by atoms with Crippen molar-refractivity contribution in [2.75, 3.05) is 0 Å². The van der Waals surface area contributed by atoms with E-state index >= 15 is 0 Å². The highest BCUT2D eigenvalue weighted by Gasteiger charge is 1.86. The molecule has 0 N–H and O–H groups in total. The fourth-order valence-electron chi connectivity index (χ4n) is 0. The molecule has 0 radical (unpaired) electrons. The molecule has 0 heterocycles. The van der Waals surface area contributed by atoms with Crippen LogP contribution >= 0.6 is 0 Å². The highest BCUT2D eigenvalue weighted by molar-refractivity contribution is 4.88. The zero-order valence-corrected chi connectivity index (χ0v) is 4.28. The third kappa shape index (κ3) is 1320. The smallest absolute Gasteiger partial charge is 0.174 e. The largest absolute Gasteiger partial charge is 0.379 e. The molecule has 0 aliphatic rings. The first-order chi connectivity index (χ1) is 3.65. The van der Waals surface area contributed by atoms with Crippen LogP contribution in [0, 0.1) is 0 Å². The maximum absolute atomic E-state index is 9.67. The van der Waals surface area contributed by atoms with E-state index in [4.69, 9.17) is 0 Å². The van der Waals surface area contributed by atoms with E-state index < -0.39 is 6.68 Å². The molecule has 0 atom stereocenters. The Morgan fingerprint density at radius 3 is 1.12 bits per heavy atom. The zero-order valence-electron chi connectivity index (χ0n) is 4.28. The third-order valence-electron chi connectivity index (χ3n) is 0.167. The molecule has 0 fully saturated rings. The quantitative estimate of drug-likeness (QED) is 0.471. The lowest BCUT2D eigenvalue weighted by molar-refractivity contribution is 0.00819. The molecule has 0 bridgehead atoms. The Morgan fingerprint density at radius 2 is 1.12 bits per heavy atom. The predicted molar refractivity (Wildman–Crippen MR) is 27.5 cm³/mol. The molecule has 0 aromatic carbocycles. The normalized spacial score (nSPS) is 7.00. The Hall–Kier alpha value is -0.730. The van der Waals surface area contributed by atoms with Gasteiger partial charge in [-0.3, -0.25) is 0 Å². The first kappa shape index (κ1) is 10.3. The molecule has 0 aromatic rings. The number of halogens is 3. The van der Waals surface area contributed by atoms with Gasteiger partial charge < -0.3 is 0 Å². The van der Waals surface area contributed by atoms with Crippen LogP contribution in [0.3, 0.4) is 0 Å². The van der Waals surface area contributed by atoms with Crippen molar-refractivity contribution >= 4 is 0 Å². The number of allylic oxidation sites excluding steroid dienone is 2. The van der Waals surface area contributed by atoms with E-state index in [0.29, 0.717) is 0 Å². The lowest BCUT2D eigenvalue weighted by Crippen LogP contribution is -1.65. The van der Waals surface area contributed by atoms with Gasteiger partial charge in [0, 0.05) is 0 Å². The molecule has 0 saturated carbocycles. The van der Waals surface area contributed by atoms with Crippen LogP contribution in [0.15, 0.2) is 25.3 Å². The van der Waals surface area contributed by atoms with Crippen LogP contribution < -0.4 is 0 Å². The molecule has 0 amide bonds. The van der Waals surface area contributed by atoms with Gasteiger partial charge in [0.25, 0.3) is 0 Å². The van der Waals surface area contributed by atoms with Crippen LogP contribution in [0.5, 0.6) is 0 Å². The molecule has 0 unspecified atom stereocenters. The van der Waals surface area contributed by atoms with Gasteiger partial charge in [-0.25, -0.2) is 0 Å². The van der Waals surface area contributed by atoms with E-state index in [2.05, 4.69) is 13.2 Å². The maximum Gasteiger partial charge on any atom is 0.379 e. The van der Waals surface area contributed by atoms with Crippen LogP contribution in [0.25, 0.3) is 0 Å². The van der Waals surface area contributed by atoms with Gasteiger partial charge in [0.2, 0.25) is 0 Å². The minimum absolute atomic E-state index is 1.64. The Morgan fingerprint density at radius 1 is 1.00 bits per heavy atom. The standard InChI is InChI=1S/C4H6.CHF3/c1-3-4-2;2-1(3)4/h3-4H,1-2H2;1H. The van der Waals surface area contributed by atoms with Crippen molar-refractivity contribution in [3.05, 3.63) is 25.3 Å². The summed E-state index contributed by atoms with van der Waals surface area (Å²) < 4.78 is 29.0. The van der Waals surface area contributed by atoms with Crippen molar-refractivity contribution in [1.82, 2.24) is 0 Å². The average Bonchev–Trinajstić information content (AvgIpc) is 1.65. The highest BCUT2D eigenvalue weighted by atomic mass is 19.4. The summed E-state index contributed by atoms with van der Waals surface area (Å²) in [4.78, 5) is 0. The van der Waals surface area contributed by atoms with Gasteiger partial charge in [0.1, 0.15) is 0 Å². The summed E-state index contributed by atoms with van der Waals surface area (Å²) in [5.74, 6) is 0. The Labute approximate surface area is 46.3 Å². The van der Waals surface area contributed by atoms with E-state index in [1.54, 1.807) is 12.2 Å². The average molecular weight is 124 g/mol. The number of hydrogen-bond acceptors (Lipinski definition) is 0.